The highest BCUT2D eigenvalue weighted by molar-refractivity contribution is 5.38. The molecule has 0 fully saturated rings. The quantitative estimate of drug-likeness (QED) is 0.460. The van der Waals surface area contributed by atoms with E-state index in [1.807, 2.05) is 66.7 Å². The third kappa shape index (κ3) is 20.5. The van der Waals surface area contributed by atoms with E-state index in [4.69, 9.17) is 5.26 Å². The molecule has 0 amide bonds. The predicted molar refractivity (Wildman–Crippen MR) is 79.8 cm³/mol. The molecule has 0 aliphatic carbocycles. The minimum atomic E-state index is 0.982. The normalized spacial score (nSPS) is 9.18. The van der Waals surface area contributed by atoms with Crippen LogP contribution in [-0.4, -0.2) is 0 Å². The van der Waals surface area contributed by atoms with E-state index in [2.05, 4.69) is 6.58 Å². The molecule has 0 aromatic rings. The van der Waals surface area contributed by atoms with Crippen molar-refractivity contribution in [2.75, 3.05) is 0 Å². The molecule has 1 heteroatoms. The van der Waals surface area contributed by atoms with Gasteiger partial charge in [0.05, 0.1) is 6.07 Å². The largest absolute Gasteiger partial charge is 0.193 e. The van der Waals surface area contributed by atoms with Crippen LogP contribution in [0.2, 0.25) is 0 Å². The van der Waals surface area contributed by atoms with Gasteiger partial charge in [-0.3, -0.25) is 0 Å². The SMILES string of the molecule is C=C(C)/C=C(C=C(C)C)/C=C/C#N.CC.CC. The van der Waals surface area contributed by atoms with Gasteiger partial charge in [0.2, 0.25) is 0 Å². The molecule has 0 saturated heterocycles. The molecule has 0 heterocycles. The van der Waals surface area contributed by atoms with Gasteiger partial charge in [-0.15, -0.1) is 0 Å². The zero-order chi connectivity index (χ0) is 14.3. The maximum Gasteiger partial charge on any atom is 0.0912 e. The van der Waals surface area contributed by atoms with Crippen LogP contribution in [0.5, 0.6) is 0 Å². The summed E-state index contributed by atoms with van der Waals surface area (Å²) in [6, 6.07) is 1.96. The fourth-order valence-corrected chi connectivity index (χ4v) is 0.889. The van der Waals surface area contributed by atoms with E-state index < -0.39 is 0 Å². The monoisotopic (exact) mass is 233 g/mol. The first-order valence-electron chi connectivity index (χ1n) is 6.14. The topological polar surface area (TPSA) is 23.8 Å². The minimum Gasteiger partial charge on any atom is -0.193 e. The van der Waals surface area contributed by atoms with Gasteiger partial charge in [-0.1, -0.05) is 57.6 Å². The lowest BCUT2D eigenvalue weighted by atomic mass is 10.1. The number of nitriles is 1. The van der Waals surface area contributed by atoms with Crippen LogP contribution >= 0.6 is 0 Å². The molecule has 96 valence electrons. The zero-order valence-electron chi connectivity index (χ0n) is 12.5. The lowest BCUT2D eigenvalue weighted by Gasteiger charge is -1.95. The molecule has 0 unspecified atom stereocenters. The van der Waals surface area contributed by atoms with Crippen molar-refractivity contribution >= 4 is 0 Å². The van der Waals surface area contributed by atoms with E-state index in [1.165, 1.54) is 11.6 Å². The van der Waals surface area contributed by atoms with Gasteiger partial charge < -0.3 is 0 Å². The van der Waals surface area contributed by atoms with Crippen LogP contribution in [-0.2, 0) is 0 Å². The van der Waals surface area contributed by atoms with Crippen LogP contribution in [0.25, 0.3) is 0 Å². The number of hydrogen-bond donors (Lipinski definition) is 0. The Hall–Kier alpha value is -1.55. The van der Waals surface area contributed by atoms with E-state index in [9.17, 15) is 0 Å². The molecular weight excluding hydrogens is 206 g/mol. The van der Waals surface area contributed by atoms with Gasteiger partial charge in [-0.2, -0.15) is 5.26 Å². The first kappa shape index (κ1) is 20.8. The van der Waals surface area contributed by atoms with E-state index in [0.29, 0.717) is 0 Å². The van der Waals surface area contributed by atoms with Gasteiger partial charge >= 0.3 is 0 Å². The molecule has 0 aromatic carbocycles. The molecule has 0 N–H and O–H groups in total. The van der Waals surface area contributed by atoms with Gasteiger partial charge in [-0.05, 0) is 32.4 Å². The highest BCUT2D eigenvalue weighted by Gasteiger charge is 1.87. The van der Waals surface area contributed by atoms with Crippen molar-refractivity contribution in [2.45, 2.75) is 48.5 Å². The summed E-state index contributed by atoms with van der Waals surface area (Å²) in [5.74, 6) is 0. The van der Waals surface area contributed by atoms with E-state index >= 15 is 0 Å². The van der Waals surface area contributed by atoms with Crippen LogP contribution < -0.4 is 0 Å². The second-order valence-corrected chi connectivity index (χ2v) is 3.17. The molecule has 0 aromatic heterocycles. The highest BCUT2D eigenvalue weighted by Crippen LogP contribution is 2.06. The second-order valence-electron chi connectivity index (χ2n) is 3.17. The average Bonchev–Trinajstić information content (AvgIpc) is 2.30. The number of nitrogens with zero attached hydrogens (tertiary/aromatic N) is 1. The Morgan fingerprint density at radius 2 is 1.47 bits per heavy atom. The molecule has 17 heavy (non-hydrogen) atoms. The lowest BCUT2D eigenvalue weighted by molar-refractivity contribution is 1.37. The molecule has 0 aliphatic rings. The summed E-state index contributed by atoms with van der Waals surface area (Å²) in [5.41, 5.74) is 3.19. The summed E-state index contributed by atoms with van der Waals surface area (Å²) >= 11 is 0. The first-order chi connectivity index (χ1) is 8.06. The van der Waals surface area contributed by atoms with Gasteiger partial charge in [-0.25, -0.2) is 0 Å². The Morgan fingerprint density at radius 1 is 1.00 bits per heavy atom. The summed E-state index contributed by atoms with van der Waals surface area (Å²) < 4.78 is 0. The number of allylic oxidation sites excluding steroid dienone is 7. The molecule has 0 bridgehead atoms. The minimum absolute atomic E-state index is 0.982. The predicted octanol–water partition coefficient (Wildman–Crippen LogP) is 5.59. The highest BCUT2D eigenvalue weighted by atomic mass is 14.2. The van der Waals surface area contributed by atoms with Crippen LogP contribution in [0.1, 0.15) is 48.5 Å². The number of rotatable bonds is 3. The third-order valence-corrected chi connectivity index (χ3v) is 1.22. The fourth-order valence-electron chi connectivity index (χ4n) is 0.889. The Labute approximate surface area is 108 Å². The summed E-state index contributed by atoms with van der Waals surface area (Å²) in [4.78, 5) is 0. The van der Waals surface area contributed by atoms with Crippen molar-refractivity contribution in [3.05, 3.63) is 47.6 Å². The molecular formula is C16H27N. The van der Waals surface area contributed by atoms with Gasteiger partial charge in [0.1, 0.15) is 0 Å². The van der Waals surface area contributed by atoms with Gasteiger partial charge in [0.25, 0.3) is 0 Å². The fraction of sp³-hybridized carbons (Fsp3) is 0.438. The Balaban J connectivity index is -0.000000439. The van der Waals surface area contributed by atoms with Crippen LogP contribution in [0.4, 0.5) is 0 Å². The number of hydrogen-bond acceptors (Lipinski definition) is 1. The van der Waals surface area contributed by atoms with Crippen molar-refractivity contribution in [1.82, 2.24) is 0 Å². The molecule has 1 nitrogen and oxygen atoms in total. The van der Waals surface area contributed by atoms with E-state index in [1.54, 1.807) is 6.08 Å². The maximum atomic E-state index is 8.38. The summed E-state index contributed by atoms with van der Waals surface area (Å²) in [7, 11) is 0. The van der Waals surface area contributed by atoms with Crippen molar-refractivity contribution in [1.29, 1.82) is 5.26 Å². The molecule has 0 saturated carbocycles. The zero-order valence-corrected chi connectivity index (χ0v) is 12.5. The Kier molecular flexibility index (Phi) is 20.6. The van der Waals surface area contributed by atoms with Crippen molar-refractivity contribution < 1.29 is 0 Å². The molecule has 0 spiro atoms. The van der Waals surface area contributed by atoms with Crippen molar-refractivity contribution in [2.24, 2.45) is 0 Å². The second kappa shape index (κ2) is 16.9. The van der Waals surface area contributed by atoms with Crippen molar-refractivity contribution in [3.63, 3.8) is 0 Å². The molecule has 0 atom stereocenters. The molecule has 0 radical (unpaired) electrons. The maximum absolute atomic E-state index is 8.38. The average molecular weight is 233 g/mol. The summed E-state index contributed by atoms with van der Waals surface area (Å²) in [6.45, 7) is 17.8. The molecule has 0 rings (SSSR count). The standard InChI is InChI=1S/C12H15N.2C2H6/c1-10(2)8-12(6-5-7-13)9-11(3)4;2*1-2/h5-6,8-9H,1H2,2-4H3;2*1-2H3/b6-5+,12-8-;;. The van der Waals surface area contributed by atoms with E-state index in [-0.39, 0.29) is 0 Å². The van der Waals surface area contributed by atoms with E-state index in [0.717, 1.165) is 11.1 Å². The summed E-state index contributed by atoms with van der Waals surface area (Å²) in [5, 5.41) is 8.38. The van der Waals surface area contributed by atoms with Crippen LogP contribution in [0.15, 0.2) is 47.6 Å². The van der Waals surface area contributed by atoms with Crippen molar-refractivity contribution in [3.8, 4) is 6.07 Å². The molecule has 0 aliphatic heterocycles. The Morgan fingerprint density at radius 3 is 1.76 bits per heavy atom. The Bertz CT molecular complexity index is 305. The third-order valence-electron chi connectivity index (χ3n) is 1.22. The van der Waals surface area contributed by atoms with Crippen LogP contribution in [0.3, 0.4) is 0 Å². The van der Waals surface area contributed by atoms with Crippen LogP contribution in [0, 0.1) is 11.3 Å². The van der Waals surface area contributed by atoms with Gasteiger partial charge in [0, 0.05) is 6.08 Å². The lowest BCUT2D eigenvalue weighted by Crippen LogP contribution is -1.75. The summed E-state index contributed by atoms with van der Waals surface area (Å²) in [6.07, 6.45) is 7.21. The smallest absolute Gasteiger partial charge is 0.0912 e. The first-order valence-corrected chi connectivity index (χ1v) is 6.14. The van der Waals surface area contributed by atoms with Gasteiger partial charge in [0.15, 0.2) is 0 Å².